The van der Waals surface area contributed by atoms with Crippen LogP contribution in [0.5, 0.6) is 0 Å². The summed E-state index contributed by atoms with van der Waals surface area (Å²) in [6, 6.07) is 48.4. The molecule has 1 heteroatoms. The fourth-order valence-corrected chi connectivity index (χ4v) is 10.9. The molecule has 0 aliphatic carbocycles. The molecule has 0 spiro atoms. The second-order valence-electron chi connectivity index (χ2n) is 16.6. The Labute approximate surface area is 336 Å². The minimum Gasteiger partial charge on any atom is -0.192 e. The Morgan fingerprint density at radius 2 is 1.11 bits per heavy atom. The third kappa shape index (κ3) is 5.85. The minimum absolute atomic E-state index is 0.0134. The van der Waals surface area contributed by atoms with E-state index < -0.39 is 0 Å². The Bertz CT molecular complexity index is 2570. The summed E-state index contributed by atoms with van der Waals surface area (Å²) in [6.45, 7) is 19.0. The van der Waals surface area contributed by atoms with Gasteiger partial charge in [-0.25, -0.2) is 0 Å². The average molecular weight is 733 g/mol. The molecule has 0 bridgehead atoms. The van der Waals surface area contributed by atoms with Crippen molar-refractivity contribution in [3.8, 4) is 55.8 Å². The van der Waals surface area contributed by atoms with Crippen LogP contribution in [0.2, 0.25) is 0 Å². The van der Waals surface area contributed by atoms with Crippen LogP contribution in [0.1, 0.15) is 94.5 Å². The Morgan fingerprint density at radius 3 is 1.79 bits per heavy atom. The van der Waals surface area contributed by atoms with E-state index in [9.17, 15) is 0 Å². The van der Waals surface area contributed by atoms with Crippen molar-refractivity contribution in [1.82, 2.24) is 0 Å². The second-order valence-corrected chi connectivity index (χ2v) is 16.6. The number of fused-ring (bicyclic) bond motifs is 5. The smallest absolute Gasteiger partial charge is 0.192 e. The van der Waals surface area contributed by atoms with E-state index in [1.807, 2.05) is 0 Å². The number of aryl methyl sites for hydroxylation is 1. The lowest BCUT2D eigenvalue weighted by molar-refractivity contribution is -0.768. The van der Waals surface area contributed by atoms with Crippen molar-refractivity contribution in [3.05, 3.63) is 161 Å². The second kappa shape index (κ2) is 15.0. The largest absolute Gasteiger partial charge is 0.221 e. The number of benzene rings is 6. The van der Waals surface area contributed by atoms with E-state index in [0.29, 0.717) is 0 Å². The summed E-state index contributed by atoms with van der Waals surface area (Å²) >= 11 is 0. The van der Waals surface area contributed by atoms with Gasteiger partial charge in [0.15, 0.2) is 11.7 Å². The maximum atomic E-state index is 2.67. The molecule has 0 N–H and O–H groups in total. The van der Waals surface area contributed by atoms with Crippen molar-refractivity contribution in [2.75, 3.05) is 0 Å². The molecule has 1 aliphatic heterocycles. The van der Waals surface area contributed by atoms with E-state index in [4.69, 9.17) is 0 Å². The molecule has 0 radical (unpaired) electrons. The quantitative estimate of drug-likeness (QED) is 0.123. The molecule has 0 amide bonds. The number of hydrogen-bond donors (Lipinski definition) is 0. The number of pyridine rings is 1. The van der Waals surface area contributed by atoms with Gasteiger partial charge in [-0.2, -0.15) is 4.57 Å². The van der Waals surface area contributed by atoms with Gasteiger partial charge in [-0.05, 0) is 143 Å². The van der Waals surface area contributed by atoms with E-state index >= 15 is 0 Å². The summed E-state index contributed by atoms with van der Waals surface area (Å²) < 4.78 is 2.67. The van der Waals surface area contributed by atoms with Crippen LogP contribution in [-0.2, 0) is 17.4 Å². The first kappa shape index (κ1) is 37.6. The number of nitrogens with zero attached hydrogens (tertiary/aromatic N) is 1. The van der Waals surface area contributed by atoms with E-state index in [2.05, 4.69) is 194 Å². The van der Waals surface area contributed by atoms with Gasteiger partial charge in [0.05, 0.1) is 16.4 Å². The first-order valence-corrected chi connectivity index (χ1v) is 21.2. The third-order valence-corrected chi connectivity index (χ3v) is 13.9. The summed E-state index contributed by atoms with van der Waals surface area (Å²) in [5, 5.41) is 2.63. The lowest BCUT2D eigenvalue weighted by atomic mass is 9.58. The Morgan fingerprint density at radius 1 is 0.518 bits per heavy atom. The summed E-state index contributed by atoms with van der Waals surface area (Å²) in [5.41, 5.74) is 20.0. The molecule has 1 aliphatic rings. The summed E-state index contributed by atoms with van der Waals surface area (Å²) in [4.78, 5) is 0. The standard InChI is InChI=1S/C55H58N/c1-9-13-21-40-22-19-27-45(34-40)51-37(5)50(42-24-15-14-16-25-42)38(6)52(39(51)7)46-28-20-26-43(35-46)44-30-31-49-48(36-44)53-47-29-18-17-23-41(47)32-33-56(53)55(11-3,12-4)54(49,8)10-2/h14-20,22-36H,9-13,21H2,1-8H3/q+1. The van der Waals surface area contributed by atoms with Gasteiger partial charge in [0.25, 0.3) is 0 Å². The highest BCUT2D eigenvalue weighted by Gasteiger charge is 2.58. The third-order valence-electron chi connectivity index (χ3n) is 13.9. The van der Waals surface area contributed by atoms with Gasteiger partial charge in [-0.15, -0.1) is 0 Å². The van der Waals surface area contributed by atoms with E-state index in [1.54, 1.807) is 0 Å². The van der Waals surface area contributed by atoms with Gasteiger partial charge in [0.1, 0.15) is 0 Å². The zero-order valence-corrected chi connectivity index (χ0v) is 34.9. The van der Waals surface area contributed by atoms with Crippen LogP contribution in [-0.4, -0.2) is 0 Å². The van der Waals surface area contributed by atoms with Crippen molar-refractivity contribution < 1.29 is 4.57 Å². The molecule has 1 atom stereocenters. The van der Waals surface area contributed by atoms with Crippen molar-refractivity contribution in [1.29, 1.82) is 0 Å². The number of hydrogen-bond acceptors (Lipinski definition) is 0. The van der Waals surface area contributed by atoms with Crippen LogP contribution >= 0.6 is 0 Å². The monoisotopic (exact) mass is 732 g/mol. The average Bonchev–Trinajstić information content (AvgIpc) is 3.23. The molecule has 7 aromatic rings. The minimum atomic E-state index is -0.0142. The van der Waals surface area contributed by atoms with Crippen LogP contribution in [0.15, 0.2) is 134 Å². The topological polar surface area (TPSA) is 3.88 Å². The van der Waals surface area contributed by atoms with E-state index in [0.717, 1.165) is 25.7 Å². The molecule has 2 heterocycles. The van der Waals surface area contributed by atoms with Gasteiger partial charge < -0.3 is 0 Å². The highest BCUT2D eigenvalue weighted by Crippen LogP contribution is 2.53. The van der Waals surface area contributed by atoms with E-state index in [1.165, 1.54) is 107 Å². The first-order valence-electron chi connectivity index (χ1n) is 21.2. The SMILES string of the molecule is CCCCc1cccc(-c2c(C)c(-c3ccccc3)c(C)c(-c3cccc(-c4ccc5c(c4)-c4c6ccccc6cc[n+]4C(CC)(CC)C5(C)CC)c3)c2C)c1. The predicted molar refractivity (Wildman–Crippen MR) is 240 cm³/mol. The fraction of sp³-hybridized carbons (Fsp3) is 0.291. The Hall–Kier alpha value is -5.27. The molecule has 1 unspecified atom stereocenters. The van der Waals surface area contributed by atoms with Gasteiger partial charge in [0.2, 0.25) is 5.69 Å². The fourth-order valence-electron chi connectivity index (χ4n) is 10.9. The number of aromatic nitrogens is 1. The van der Waals surface area contributed by atoms with Crippen LogP contribution in [0, 0.1) is 20.8 Å². The van der Waals surface area contributed by atoms with Crippen LogP contribution in [0.4, 0.5) is 0 Å². The molecule has 8 rings (SSSR count). The normalized spacial score (nSPS) is 15.8. The summed E-state index contributed by atoms with van der Waals surface area (Å²) in [6.07, 6.45) is 9.16. The van der Waals surface area contributed by atoms with Gasteiger partial charge >= 0.3 is 0 Å². The lowest BCUT2D eigenvalue weighted by Crippen LogP contribution is -2.68. The first-order chi connectivity index (χ1) is 27.2. The molecular formula is C55H58N+. The van der Waals surface area contributed by atoms with Crippen LogP contribution in [0.3, 0.4) is 0 Å². The maximum Gasteiger partial charge on any atom is 0.221 e. The van der Waals surface area contributed by atoms with Crippen LogP contribution < -0.4 is 4.57 Å². The van der Waals surface area contributed by atoms with Crippen molar-refractivity contribution in [2.24, 2.45) is 0 Å². The molecule has 1 aromatic heterocycles. The van der Waals surface area contributed by atoms with E-state index in [-0.39, 0.29) is 11.0 Å². The maximum absolute atomic E-state index is 2.67. The molecule has 0 saturated carbocycles. The highest BCUT2D eigenvalue weighted by molar-refractivity contribution is 5.96. The Kier molecular flexibility index (Phi) is 10.1. The van der Waals surface area contributed by atoms with Gasteiger partial charge in [-0.3, -0.25) is 0 Å². The predicted octanol–water partition coefficient (Wildman–Crippen LogP) is 14.9. The van der Waals surface area contributed by atoms with Crippen LogP contribution in [0.25, 0.3) is 66.5 Å². The van der Waals surface area contributed by atoms with Gasteiger partial charge in [-0.1, -0.05) is 137 Å². The molecular weight excluding hydrogens is 675 g/mol. The molecule has 6 aromatic carbocycles. The Balaban J connectivity index is 1.34. The summed E-state index contributed by atoms with van der Waals surface area (Å²) in [5.74, 6) is 0. The van der Waals surface area contributed by atoms with Crippen molar-refractivity contribution >= 4 is 10.8 Å². The summed E-state index contributed by atoms with van der Waals surface area (Å²) in [7, 11) is 0. The lowest BCUT2D eigenvalue weighted by Gasteiger charge is -2.48. The number of rotatable bonds is 10. The van der Waals surface area contributed by atoms with Gasteiger partial charge in [0, 0.05) is 18.9 Å². The molecule has 0 fully saturated rings. The zero-order valence-electron chi connectivity index (χ0n) is 34.9. The molecule has 0 saturated heterocycles. The highest BCUT2D eigenvalue weighted by atomic mass is 15.1. The molecule has 1 nitrogen and oxygen atoms in total. The molecule has 282 valence electrons. The van der Waals surface area contributed by atoms with Crippen molar-refractivity contribution in [2.45, 2.75) is 105 Å². The zero-order chi connectivity index (χ0) is 39.2. The number of unbranched alkanes of at least 4 members (excludes halogenated alkanes) is 1. The van der Waals surface area contributed by atoms with Crippen molar-refractivity contribution in [3.63, 3.8) is 0 Å². The molecule has 56 heavy (non-hydrogen) atoms.